The van der Waals surface area contributed by atoms with E-state index in [1.54, 1.807) is 11.4 Å². The van der Waals surface area contributed by atoms with E-state index in [-0.39, 0.29) is 23.0 Å². The molecule has 0 aliphatic carbocycles. The van der Waals surface area contributed by atoms with E-state index in [9.17, 15) is 22.0 Å². The summed E-state index contributed by atoms with van der Waals surface area (Å²) in [6, 6.07) is 6.14. The SMILES string of the molecule is CC(=O)N(CCNS(=O)(=O)c1cccs1)c1ccc(F)c(F)c1. The van der Waals surface area contributed by atoms with Gasteiger partial charge in [0.05, 0.1) is 0 Å². The van der Waals surface area contributed by atoms with Crippen LogP contribution in [0.25, 0.3) is 0 Å². The number of nitrogens with one attached hydrogen (secondary N) is 1. The van der Waals surface area contributed by atoms with Gasteiger partial charge in [0.1, 0.15) is 4.21 Å². The third-order valence-electron chi connectivity index (χ3n) is 2.98. The molecule has 1 heterocycles. The Labute approximate surface area is 136 Å². The molecule has 23 heavy (non-hydrogen) atoms. The number of hydrogen-bond acceptors (Lipinski definition) is 4. The van der Waals surface area contributed by atoms with Crippen LogP contribution < -0.4 is 9.62 Å². The first-order valence-electron chi connectivity index (χ1n) is 6.57. The lowest BCUT2D eigenvalue weighted by Gasteiger charge is -2.21. The van der Waals surface area contributed by atoms with Crippen molar-refractivity contribution in [2.75, 3.05) is 18.0 Å². The van der Waals surface area contributed by atoms with Crippen molar-refractivity contribution in [2.45, 2.75) is 11.1 Å². The topological polar surface area (TPSA) is 66.5 Å². The van der Waals surface area contributed by atoms with Crippen LogP contribution >= 0.6 is 11.3 Å². The Kier molecular flexibility index (Phi) is 5.45. The first kappa shape index (κ1) is 17.5. The summed E-state index contributed by atoms with van der Waals surface area (Å²) < 4.78 is 52.7. The van der Waals surface area contributed by atoms with Crippen molar-refractivity contribution < 1.29 is 22.0 Å². The van der Waals surface area contributed by atoms with E-state index in [2.05, 4.69) is 4.72 Å². The van der Waals surface area contributed by atoms with Crippen molar-refractivity contribution in [2.24, 2.45) is 0 Å². The molecule has 5 nitrogen and oxygen atoms in total. The fourth-order valence-electron chi connectivity index (χ4n) is 1.90. The van der Waals surface area contributed by atoms with Crippen LogP contribution in [0.5, 0.6) is 0 Å². The minimum absolute atomic E-state index is 0.00892. The smallest absolute Gasteiger partial charge is 0.250 e. The highest BCUT2D eigenvalue weighted by atomic mass is 32.2. The van der Waals surface area contributed by atoms with E-state index in [0.29, 0.717) is 0 Å². The lowest BCUT2D eigenvalue weighted by atomic mass is 10.2. The molecule has 9 heteroatoms. The molecular weight excluding hydrogens is 346 g/mol. The van der Waals surface area contributed by atoms with Gasteiger partial charge in [-0.3, -0.25) is 4.79 Å². The van der Waals surface area contributed by atoms with Gasteiger partial charge in [0.15, 0.2) is 11.6 Å². The standard InChI is InChI=1S/C14H14F2N2O3S2/c1-10(19)18(11-4-5-12(15)13(16)9-11)7-6-17-23(20,21)14-3-2-8-22-14/h2-5,8-9,17H,6-7H2,1H3. The lowest BCUT2D eigenvalue weighted by Crippen LogP contribution is -2.37. The third kappa shape index (κ3) is 4.34. The molecule has 0 bridgehead atoms. The number of thiophene rings is 1. The fourth-order valence-corrected chi connectivity index (χ4v) is 3.96. The monoisotopic (exact) mass is 360 g/mol. The largest absolute Gasteiger partial charge is 0.311 e. The van der Waals surface area contributed by atoms with Crippen molar-refractivity contribution >= 4 is 33.0 Å². The lowest BCUT2D eigenvalue weighted by molar-refractivity contribution is -0.116. The van der Waals surface area contributed by atoms with Crippen LogP contribution in [0.15, 0.2) is 39.9 Å². The summed E-state index contributed by atoms with van der Waals surface area (Å²) in [5, 5.41) is 1.64. The number of hydrogen-bond donors (Lipinski definition) is 1. The van der Waals surface area contributed by atoms with Gasteiger partial charge in [-0.2, -0.15) is 0 Å². The molecule has 1 aromatic carbocycles. The van der Waals surface area contributed by atoms with E-state index in [1.165, 1.54) is 24.0 Å². The van der Waals surface area contributed by atoms with Gasteiger partial charge >= 0.3 is 0 Å². The minimum Gasteiger partial charge on any atom is -0.311 e. The number of sulfonamides is 1. The summed E-state index contributed by atoms with van der Waals surface area (Å²) in [7, 11) is -3.64. The predicted molar refractivity (Wildman–Crippen MR) is 83.9 cm³/mol. The van der Waals surface area contributed by atoms with Crippen molar-refractivity contribution in [1.82, 2.24) is 4.72 Å². The first-order chi connectivity index (χ1) is 10.8. The van der Waals surface area contributed by atoms with Crippen LogP contribution in [0, 0.1) is 11.6 Å². The molecule has 1 aromatic heterocycles. The summed E-state index contributed by atoms with van der Waals surface area (Å²) in [6.45, 7) is 1.19. The zero-order valence-electron chi connectivity index (χ0n) is 12.1. The number of benzene rings is 1. The summed E-state index contributed by atoms with van der Waals surface area (Å²) in [5.41, 5.74) is 0.159. The Morgan fingerprint density at radius 1 is 1.26 bits per heavy atom. The number of carbonyl (C=O) groups is 1. The number of nitrogens with zero attached hydrogens (tertiary/aromatic N) is 1. The number of carbonyl (C=O) groups excluding carboxylic acids is 1. The van der Waals surface area contributed by atoms with Gasteiger partial charge in [0.2, 0.25) is 15.9 Å². The van der Waals surface area contributed by atoms with Crippen molar-refractivity contribution in [3.8, 4) is 0 Å². The molecule has 0 aliphatic rings. The second kappa shape index (κ2) is 7.16. The van der Waals surface area contributed by atoms with Gasteiger partial charge < -0.3 is 4.90 Å². The molecule has 0 radical (unpaired) electrons. The molecule has 1 amide bonds. The summed E-state index contributed by atoms with van der Waals surface area (Å²) in [4.78, 5) is 12.8. The molecule has 1 N–H and O–H groups in total. The zero-order valence-corrected chi connectivity index (χ0v) is 13.8. The highest BCUT2D eigenvalue weighted by Crippen LogP contribution is 2.18. The minimum atomic E-state index is -3.64. The predicted octanol–water partition coefficient (Wildman–Crippen LogP) is 2.36. The van der Waals surface area contributed by atoms with Gasteiger partial charge in [-0.25, -0.2) is 21.9 Å². The molecule has 0 fully saturated rings. The van der Waals surface area contributed by atoms with E-state index >= 15 is 0 Å². The number of rotatable bonds is 6. The maximum absolute atomic E-state index is 13.3. The highest BCUT2D eigenvalue weighted by Gasteiger charge is 2.17. The van der Waals surface area contributed by atoms with Crippen LogP contribution in [-0.2, 0) is 14.8 Å². The van der Waals surface area contributed by atoms with Crippen molar-refractivity contribution in [1.29, 1.82) is 0 Å². The van der Waals surface area contributed by atoms with Crippen LogP contribution in [0.1, 0.15) is 6.92 Å². The molecule has 0 aliphatic heterocycles. The maximum Gasteiger partial charge on any atom is 0.250 e. The van der Waals surface area contributed by atoms with Crippen LogP contribution in [0.4, 0.5) is 14.5 Å². The average molecular weight is 360 g/mol. The molecule has 0 spiro atoms. The van der Waals surface area contributed by atoms with Crippen molar-refractivity contribution in [3.05, 3.63) is 47.3 Å². The quantitative estimate of drug-likeness (QED) is 0.860. The summed E-state index contributed by atoms with van der Waals surface area (Å²) in [6.07, 6.45) is 0. The normalized spacial score (nSPS) is 11.4. The van der Waals surface area contributed by atoms with Gasteiger partial charge in [-0.15, -0.1) is 11.3 Å². The molecular formula is C14H14F2N2O3S2. The zero-order chi connectivity index (χ0) is 17.0. The number of halogens is 2. The van der Waals surface area contributed by atoms with Gasteiger partial charge in [0.25, 0.3) is 0 Å². The van der Waals surface area contributed by atoms with Crippen LogP contribution in [0.2, 0.25) is 0 Å². The van der Waals surface area contributed by atoms with Gasteiger partial charge in [0, 0.05) is 31.8 Å². The summed E-state index contributed by atoms with van der Waals surface area (Å²) >= 11 is 1.07. The maximum atomic E-state index is 13.3. The Hall–Kier alpha value is -1.84. The fraction of sp³-hybridized carbons (Fsp3) is 0.214. The number of amides is 1. The molecule has 0 saturated heterocycles. The van der Waals surface area contributed by atoms with Gasteiger partial charge in [-0.1, -0.05) is 6.07 Å². The van der Waals surface area contributed by atoms with Crippen molar-refractivity contribution in [3.63, 3.8) is 0 Å². The van der Waals surface area contributed by atoms with E-state index in [4.69, 9.17) is 0 Å². The molecule has 0 saturated carbocycles. The molecule has 2 rings (SSSR count). The Morgan fingerprint density at radius 3 is 2.57 bits per heavy atom. The second-order valence-corrected chi connectivity index (χ2v) is 7.54. The molecule has 0 atom stereocenters. The van der Waals surface area contributed by atoms with E-state index in [1.807, 2.05) is 0 Å². The Morgan fingerprint density at radius 2 is 2.00 bits per heavy atom. The average Bonchev–Trinajstić information content (AvgIpc) is 3.01. The first-order valence-corrected chi connectivity index (χ1v) is 8.94. The molecule has 0 unspecified atom stereocenters. The van der Waals surface area contributed by atoms with Crippen LogP contribution in [0.3, 0.4) is 0 Å². The highest BCUT2D eigenvalue weighted by molar-refractivity contribution is 7.91. The number of anilines is 1. The van der Waals surface area contributed by atoms with E-state index in [0.717, 1.165) is 23.5 Å². The molecule has 124 valence electrons. The Balaban J connectivity index is 2.06. The van der Waals surface area contributed by atoms with E-state index < -0.39 is 27.6 Å². The van der Waals surface area contributed by atoms with Gasteiger partial charge in [-0.05, 0) is 23.6 Å². The Bertz CT molecular complexity index is 792. The van der Waals surface area contributed by atoms with Crippen LogP contribution in [-0.4, -0.2) is 27.4 Å². The molecule has 2 aromatic rings. The third-order valence-corrected chi connectivity index (χ3v) is 5.84. The summed E-state index contributed by atoms with van der Waals surface area (Å²) in [5.74, 6) is -2.50. The second-order valence-electron chi connectivity index (χ2n) is 4.60.